The first-order chi connectivity index (χ1) is 9.56. The molecule has 3 aromatic rings. The van der Waals surface area contributed by atoms with Gasteiger partial charge in [-0.05, 0) is 32.9 Å². The smallest absolute Gasteiger partial charge is 0.184 e. The van der Waals surface area contributed by atoms with Crippen molar-refractivity contribution in [3.05, 3.63) is 40.2 Å². The fourth-order valence-corrected chi connectivity index (χ4v) is 3.58. The number of benzene rings is 1. The molecule has 1 aromatic carbocycles. The fraction of sp³-hybridized carbons (Fsp3) is 0.286. The summed E-state index contributed by atoms with van der Waals surface area (Å²) in [4.78, 5) is 4.55. The van der Waals surface area contributed by atoms with Gasteiger partial charge in [0.2, 0.25) is 0 Å². The van der Waals surface area contributed by atoms with Crippen molar-refractivity contribution >= 4 is 38.3 Å². The highest BCUT2D eigenvalue weighted by molar-refractivity contribution is 7.22. The molecule has 104 valence electrons. The van der Waals surface area contributed by atoms with E-state index in [1.54, 1.807) is 11.3 Å². The lowest BCUT2D eigenvalue weighted by atomic mass is 10.1. The zero-order valence-electron chi connectivity index (χ0n) is 11.4. The van der Waals surface area contributed by atoms with Crippen LogP contribution >= 0.6 is 22.9 Å². The first kappa shape index (κ1) is 13.4. The van der Waals surface area contributed by atoms with Crippen molar-refractivity contribution in [2.75, 3.05) is 5.32 Å². The quantitative estimate of drug-likeness (QED) is 0.760. The fourth-order valence-electron chi connectivity index (χ4n) is 2.34. The van der Waals surface area contributed by atoms with Crippen LogP contribution in [0.5, 0.6) is 0 Å². The van der Waals surface area contributed by atoms with E-state index in [1.807, 2.05) is 32.0 Å². The van der Waals surface area contributed by atoms with E-state index in [2.05, 4.69) is 22.4 Å². The maximum absolute atomic E-state index is 6.17. The first-order valence-corrected chi connectivity index (χ1v) is 7.50. The maximum Gasteiger partial charge on any atom is 0.184 e. The minimum Gasteiger partial charge on any atom is -0.361 e. The van der Waals surface area contributed by atoms with Gasteiger partial charge in [-0.15, -0.1) is 0 Å². The number of anilines is 1. The van der Waals surface area contributed by atoms with Crippen molar-refractivity contribution in [1.29, 1.82) is 0 Å². The molecule has 0 fully saturated rings. The number of nitrogens with zero attached hydrogens (tertiary/aromatic N) is 2. The summed E-state index contributed by atoms with van der Waals surface area (Å²) in [5.74, 6) is 0.835. The molecule has 2 aromatic heterocycles. The predicted molar refractivity (Wildman–Crippen MR) is 82.6 cm³/mol. The van der Waals surface area contributed by atoms with Gasteiger partial charge in [-0.25, -0.2) is 4.98 Å². The lowest BCUT2D eigenvalue weighted by Crippen LogP contribution is -2.08. The zero-order chi connectivity index (χ0) is 14.3. The molecule has 0 spiro atoms. The van der Waals surface area contributed by atoms with Crippen LogP contribution in [-0.4, -0.2) is 10.1 Å². The number of rotatable bonds is 3. The standard InChI is InChI=1S/C14H14ClN3OS/c1-7(12-8(2)18-19-9(12)3)16-14-17-11-6-4-5-10(15)13(11)20-14/h4-7H,1-3H3,(H,16,17). The van der Waals surface area contributed by atoms with Crippen molar-refractivity contribution < 1.29 is 4.52 Å². The Kier molecular flexibility index (Phi) is 3.40. The molecule has 0 aliphatic carbocycles. The van der Waals surface area contributed by atoms with E-state index in [-0.39, 0.29) is 6.04 Å². The third-order valence-corrected chi connectivity index (χ3v) is 4.69. The molecule has 4 nitrogen and oxygen atoms in total. The van der Waals surface area contributed by atoms with Gasteiger partial charge in [0.25, 0.3) is 0 Å². The van der Waals surface area contributed by atoms with E-state index in [4.69, 9.17) is 16.1 Å². The Hall–Kier alpha value is -1.59. The van der Waals surface area contributed by atoms with Gasteiger partial charge in [0.15, 0.2) is 5.13 Å². The van der Waals surface area contributed by atoms with E-state index in [9.17, 15) is 0 Å². The second-order valence-corrected chi connectivity index (χ2v) is 6.12. The second-order valence-electron chi connectivity index (χ2n) is 4.71. The molecule has 1 atom stereocenters. The van der Waals surface area contributed by atoms with Gasteiger partial charge in [-0.3, -0.25) is 0 Å². The van der Waals surface area contributed by atoms with Crippen LogP contribution < -0.4 is 5.32 Å². The summed E-state index contributed by atoms with van der Waals surface area (Å²) in [5.41, 5.74) is 2.90. The molecule has 0 bridgehead atoms. The summed E-state index contributed by atoms with van der Waals surface area (Å²) < 4.78 is 6.21. The third kappa shape index (κ3) is 2.27. The van der Waals surface area contributed by atoms with Crippen LogP contribution in [0.25, 0.3) is 10.2 Å². The summed E-state index contributed by atoms with van der Waals surface area (Å²) in [6, 6.07) is 5.83. The van der Waals surface area contributed by atoms with E-state index in [0.29, 0.717) is 0 Å². The largest absolute Gasteiger partial charge is 0.361 e. The van der Waals surface area contributed by atoms with Crippen molar-refractivity contribution in [2.24, 2.45) is 0 Å². The monoisotopic (exact) mass is 307 g/mol. The van der Waals surface area contributed by atoms with Gasteiger partial charge in [-0.2, -0.15) is 0 Å². The number of hydrogen-bond acceptors (Lipinski definition) is 5. The van der Waals surface area contributed by atoms with E-state index in [1.165, 1.54) is 0 Å². The van der Waals surface area contributed by atoms with Gasteiger partial charge in [0, 0.05) is 5.56 Å². The van der Waals surface area contributed by atoms with Gasteiger partial charge >= 0.3 is 0 Å². The molecule has 0 radical (unpaired) electrons. The molecule has 1 unspecified atom stereocenters. The molecule has 0 saturated heterocycles. The predicted octanol–water partition coefficient (Wildman–Crippen LogP) is 4.73. The average Bonchev–Trinajstić information content (AvgIpc) is 2.94. The molecule has 6 heteroatoms. The number of halogens is 1. The molecular weight excluding hydrogens is 294 g/mol. The van der Waals surface area contributed by atoms with Crippen molar-refractivity contribution in [1.82, 2.24) is 10.1 Å². The van der Waals surface area contributed by atoms with E-state index >= 15 is 0 Å². The van der Waals surface area contributed by atoms with Crippen LogP contribution in [0.3, 0.4) is 0 Å². The Bertz CT molecular complexity index is 745. The number of fused-ring (bicyclic) bond motifs is 1. The second kappa shape index (κ2) is 5.07. The minimum absolute atomic E-state index is 0.0839. The highest BCUT2D eigenvalue weighted by atomic mass is 35.5. The zero-order valence-corrected chi connectivity index (χ0v) is 13.0. The average molecular weight is 308 g/mol. The summed E-state index contributed by atoms with van der Waals surface area (Å²) in [7, 11) is 0. The molecule has 0 saturated carbocycles. The maximum atomic E-state index is 6.17. The molecule has 0 aliphatic rings. The summed E-state index contributed by atoms with van der Waals surface area (Å²) in [5, 5.41) is 8.96. The highest BCUT2D eigenvalue weighted by Gasteiger charge is 2.17. The molecule has 2 heterocycles. The van der Waals surface area contributed by atoms with Crippen LogP contribution in [0.15, 0.2) is 22.7 Å². The topological polar surface area (TPSA) is 51.0 Å². The van der Waals surface area contributed by atoms with Gasteiger partial charge in [-0.1, -0.05) is 34.2 Å². The Morgan fingerprint density at radius 3 is 2.80 bits per heavy atom. The number of aryl methyl sites for hydroxylation is 2. The molecule has 0 amide bonds. The highest BCUT2D eigenvalue weighted by Crippen LogP contribution is 2.34. The molecule has 3 rings (SSSR count). The lowest BCUT2D eigenvalue weighted by Gasteiger charge is -2.12. The van der Waals surface area contributed by atoms with Crippen LogP contribution in [0, 0.1) is 13.8 Å². The van der Waals surface area contributed by atoms with Gasteiger partial charge < -0.3 is 9.84 Å². The normalized spacial score (nSPS) is 12.8. The first-order valence-electron chi connectivity index (χ1n) is 6.30. The number of aromatic nitrogens is 2. The number of nitrogens with one attached hydrogen (secondary N) is 1. The summed E-state index contributed by atoms with van der Waals surface area (Å²) in [6.07, 6.45) is 0. The van der Waals surface area contributed by atoms with Crippen LogP contribution in [0.2, 0.25) is 5.02 Å². The Morgan fingerprint density at radius 1 is 1.35 bits per heavy atom. The van der Waals surface area contributed by atoms with Crippen molar-refractivity contribution in [2.45, 2.75) is 26.8 Å². The molecular formula is C14H14ClN3OS. The Labute approximate surface area is 125 Å². The van der Waals surface area contributed by atoms with Gasteiger partial charge in [0.1, 0.15) is 5.76 Å². The summed E-state index contributed by atoms with van der Waals surface area (Å²) >= 11 is 7.73. The minimum atomic E-state index is 0.0839. The summed E-state index contributed by atoms with van der Waals surface area (Å²) in [6.45, 7) is 5.93. The van der Waals surface area contributed by atoms with Crippen LogP contribution in [0.4, 0.5) is 5.13 Å². The van der Waals surface area contributed by atoms with Crippen LogP contribution in [0.1, 0.15) is 30.0 Å². The third-order valence-electron chi connectivity index (χ3n) is 3.23. The van der Waals surface area contributed by atoms with Gasteiger partial charge in [0.05, 0.1) is 27.0 Å². The Morgan fingerprint density at radius 2 is 2.15 bits per heavy atom. The van der Waals surface area contributed by atoms with Crippen molar-refractivity contribution in [3.8, 4) is 0 Å². The number of thiazole rings is 1. The van der Waals surface area contributed by atoms with E-state index < -0.39 is 0 Å². The van der Waals surface area contributed by atoms with Crippen LogP contribution in [-0.2, 0) is 0 Å². The lowest BCUT2D eigenvalue weighted by molar-refractivity contribution is 0.392. The van der Waals surface area contributed by atoms with Crippen molar-refractivity contribution in [3.63, 3.8) is 0 Å². The van der Waals surface area contributed by atoms with E-state index in [0.717, 1.165) is 37.4 Å². The SMILES string of the molecule is Cc1noc(C)c1C(C)Nc1nc2cccc(Cl)c2s1. The molecule has 0 aliphatic heterocycles. The molecule has 20 heavy (non-hydrogen) atoms. The number of hydrogen-bond donors (Lipinski definition) is 1. The molecule has 1 N–H and O–H groups in total. The Balaban J connectivity index is 1.91.